The van der Waals surface area contributed by atoms with Crippen LogP contribution in [0, 0.1) is 17.6 Å². The van der Waals surface area contributed by atoms with Gasteiger partial charge in [-0.05, 0) is 101 Å². The fourth-order valence-corrected chi connectivity index (χ4v) is 8.64. The quantitative estimate of drug-likeness (QED) is 0.0580. The molecule has 1 heterocycles. The van der Waals surface area contributed by atoms with Crippen LogP contribution in [0.5, 0.6) is 11.5 Å². The lowest BCUT2D eigenvalue weighted by Gasteiger charge is -2.48. The summed E-state index contributed by atoms with van der Waals surface area (Å²) in [6, 6.07) is 45.2. The second-order valence-corrected chi connectivity index (χ2v) is 16.5. The summed E-state index contributed by atoms with van der Waals surface area (Å²) >= 11 is 0. The molecule has 6 aromatic rings. The summed E-state index contributed by atoms with van der Waals surface area (Å²) in [6.07, 6.45) is -3.42. The van der Waals surface area contributed by atoms with Gasteiger partial charge in [0.2, 0.25) is 5.91 Å². The van der Waals surface area contributed by atoms with E-state index < -0.39 is 60.1 Å². The fourth-order valence-electron chi connectivity index (χ4n) is 8.64. The van der Waals surface area contributed by atoms with Crippen LogP contribution < -0.4 is 14.4 Å². The molecule has 8 rings (SSSR count). The molecule has 1 saturated carbocycles. The smallest absolute Gasteiger partial charge is 0.303 e. The third kappa shape index (κ3) is 11.2. The molecule has 66 heavy (non-hydrogen) atoms. The van der Waals surface area contributed by atoms with Crippen molar-refractivity contribution in [3.8, 4) is 11.5 Å². The van der Waals surface area contributed by atoms with Crippen molar-refractivity contribution in [2.75, 3.05) is 12.0 Å². The van der Waals surface area contributed by atoms with Gasteiger partial charge < -0.3 is 33.3 Å². The van der Waals surface area contributed by atoms with Crippen molar-refractivity contribution in [1.29, 1.82) is 0 Å². The number of ether oxygens (including phenoxy) is 6. The molecule has 2 fully saturated rings. The maximum atomic E-state index is 14.2. The summed E-state index contributed by atoms with van der Waals surface area (Å²) in [6.45, 7) is 1.89. The minimum atomic E-state index is -0.965. The molecule has 7 atom stereocenters. The van der Waals surface area contributed by atoms with E-state index in [9.17, 15) is 23.2 Å². The van der Waals surface area contributed by atoms with Gasteiger partial charge in [-0.25, -0.2) is 8.78 Å². The summed E-state index contributed by atoms with van der Waals surface area (Å²) in [5, 5.41) is 0. The van der Waals surface area contributed by atoms with Gasteiger partial charge in [0.25, 0.3) is 0 Å². The number of ketones is 1. The van der Waals surface area contributed by atoms with Gasteiger partial charge in [-0.2, -0.15) is 0 Å². The Balaban J connectivity index is 1.05. The number of nitrogens with zero attached hydrogens (tertiary/aromatic N) is 1. The summed E-state index contributed by atoms with van der Waals surface area (Å²) in [4.78, 5) is 41.9. The third-order valence-electron chi connectivity index (χ3n) is 12.0. The number of esters is 1. The van der Waals surface area contributed by atoms with E-state index in [-0.39, 0.29) is 37.9 Å². The van der Waals surface area contributed by atoms with Crippen LogP contribution in [0.1, 0.15) is 66.1 Å². The highest BCUT2D eigenvalue weighted by molar-refractivity contribution is 6.03. The van der Waals surface area contributed by atoms with Crippen molar-refractivity contribution >= 4 is 23.3 Å². The van der Waals surface area contributed by atoms with Crippen molar-refractivity contribution in [2.24, 2.45) is 5.92 Å². The highest BCUT2D eigenvalue weighted by Gasteiger charge is 2.50. The van der Waals surface area contributed by atoms with E-state index in [1.807, 2.05) is 97.1 Å². The summed E-state index contributed by atoms with van der Waals surface area (Å²) in [7, 11) is 1.60. The number of hydrogen-bond donors (Lipinski definition) is 0. The largest absolute Gasteiger partial charge is 0.497 e. The molecule has 1 saturated heterocycles. The summed E-state index contributed by atoms with van der Waals surface area (Å²) in [5.41, 5.74) is 4.64. The lowest BCUT2D eigenvalue weighted by Crippen LogP contribution is -2.58. The summed E-state index contributed by atoms with van der Waals surface area (Å²) in [5.74, 6) is -1.06. The maximum Gasteiger partial charge on any atom is 0.303 e. The second kappa shape index (κ2) is 21.5. The zero-order valence-electron chi connectivity index (χ0n) is 36.7. The molecule has 1 amide bonds. The Hall–Kier alpha value is -6.73. The fraction of sp³-hybridized carbons (Fsp3) is 0.278. The Morgan fingerprint density at radius 1 is 0.652 bits per heavy atom. The SMILES string of the molecule is COc1ccc(CO[C@@H]2C(=O)C[C@@H](Oc3ccc([C@@H]4[C@@H](CC[C@H](OC(C)=O)c5ccc(F)cc5)C(=O)N4c4ccc(F)cc4)cc3)[C@H](OCc3ccccc3)[C@H]2OCc2ccccc2)cc1. The number of hydrogen-bond acceptors (Lipinski definition) is 9. The van der Waals surface area contributed by atoms with Crippen LogP contribution in [0.15, 0.2) is 158 Å². The highest BCUT2D eigenvalue weighted by Crippen LogP contribution is 2.47. The molecule has 0 bridgehead atoms. The first kappa shape index (κ1) is 45.8. The van der Waals surface area contributed by atoms with Crippen LogP contribution in [0.2, 0.25) is 0 Å². The molecule has 340 valence electrons. The second-order valence-electron chi connectivity index (χ2n) is 16.5. The lowest BCUT2D eigenvalue weighted by atomic mass is 9.78. The first-order valence-corrected chi connectivity index (χ1v) is 22.0. The molecule has 12 heteroatoms. The number of carbonyl (C=O) groups is 3. The zero-order chi connectivity index (χ0) is 46.0. The van der Waals surface area contributed by atoms with Crippen molar-refractivity contribution in [1.82, 2.24) is 0 Å². The number of β-lactam (4-membered cyclic amide) rings is 1. The number of methoxy groups -OCH3 is 1. The molecular weight excluding hydrogens is 845 g/mol. The molecule has 6 aromatic carbocycles. The van der Waals surface area contributed by atoms with Crippen LogP contribution in [-0.2, 0) is 53.2 Å². The number of amides is 1. The molecule has 1 aliphatic heterocycles. The Morgan fingerprint density at radius 3 is 1.79 bits per heavy atom. The van der Waals surface area contributed by atoms with Crippen LogP contribution in [-0.4, -0.2) is 49.2 Å². The van der Waals surface area contributed by atoms with Gasteiger partial charge >= 0.3 is 5.97 Å². The first-order chi connectivity index (χ1) is 32.1. The van der Waals surface area contributed by atoms with Gasteiger partial charge in [-0.15, -0.1) is 0 Å². The minimum Gasteiger partial charge on any atom is -0.497 e. The molecule has 0 aromatic heterocycles. The number of carbonyl (C=O) groups excluding carboxylic acids is 3. The van der Waals surface area contributed by atoms with E-state index in [0.29, 0.717) is 35.6 Å². The topological polar surface area (TPSA) is 110 Å². The van der Waals surface area contributed by atoms with Crippen molar-refractivity contribution in [3.05, 3.63) is 197 Å². The van der Waals surface area contributed by atoms with E-state index in [1.165, 1.54) is 31.2 Å². The number of rotatable bonds is 19. The van der Waals surface area contributed by atoms with Gasteiger partial charge in [0.15, 0.2) is 5.78 Å². The number of halogens is 2. The Kier molecular flexibility index (Phi) is 14.9. The molecule has 10 nitrogen and oxygen atoms in total. The maximum absolute atomic E-state index is 14.2. The van der Waals surface area contributed by atoms with Crippen molar-refractivity contribution in [2.45, 2.75) is 82.6 Å². The molecule has 0 unspecified atom stereocenters. The van der Waals surface area contributed by atoms with E-state index in [0.717, 1.165) is 22.3 Å². The van der Waals surface area contributed by atoms with Crippen LogP contribution in [0.3, 0.4) is 0 Å². The van der Waals surface area contributed by atoms with E-state index in [2.05, 4.69) is 0 Å². The lowest BCUT2D eigenvalue weighted by molar-refractivity contribution is -0.197. The van der Waals surface area contributed by atoms with Gasteiger partial charge in [-0.3, -0.25) is 14.4 Å². The zero-order valence-corrected chi connectivity index (χ0v) is 36.7. The number of anilines is 1. The molecule has 0 N–H and O–H groups in total. The summed E-state index contributed by atoms with van der Waals surface area (Å²) < 4.78 is 65.2. The highest BCUT2D eigenvalue weighted by atomic mass is 19.1. The van der Waals surface area contributed by atoms with Gasteiger partial charge in [0.05, 0.1) is 38.9 Å². The Labute approximate surface area is 383 Å². The van der Waals surface area contributed by atoms with E-state index in [1.54, 1.807) is 48.4 Å². The van der Waals surface area contributed by atoms with Gasteiger partial charge in [0, 0.05) is 19.0 Å². The predicted octanol–water partition coefficient (Wildman–Crippen LogP) is 10.2. The Bertz CT molecular complexity index is 2530. The number of Topliss-reactive ketones (excluding diaryl/α,β-unsaturated/α-hetero) is 1. The normalized spacial score (nSPS) is 20.9. The average Bonchev–Trinajstić information content (AvgIpc) is 3.33. The van der Waals surface area contributed by atoms with Crippen molar-refractivity contribution < 1.29 is 51.6 Å². The molecule has 2 aliphatic rings. The predicted molar refractivity (Wildman–Crippen MR) is 242 cm³/mol. The van der Waals surface area contributed by atoms with Crippen LogP contribution in [0.25, 0.3) is 0 Å². The Morgan fingerprint density at radius 2 is 1.20 bits per heavy atom. The van der Waals surface area contributed by atoms with E-state index >= 15 is 0 Å². The molecule has 1 aliphatic carbocycles. The first-order valence-electron chi connectivity index (χ1n) is 22.0. The van der Waals surface area contributed by atoms with Gasteiger partial charge in [0.1, 0.15) is 53.7 Å². The average molecular weight is 896 g/mol. The van der Waals surface area contributed by atoms with Crippen molar-refractivity contribution in [3.63, 3.8) is 0 Å². The third-order valence-corrected chi connectivity index (χ3v) is 12.0. The minimum absolute atomic E-state index is 0.0191. The standard InChI is InChI=1S/C54H51F2NO9/c1-35(58)65-48(39-15-19-41(55)20-16-39)30-29-46-50(57(54(46)60)43-23-21-42(56)22-24-43)40-17-27-45(28-18-40)66-49-31-47(59)51(62-34-38-13-25-44(61-2)26-14-38)53(64-33-37-11-7-4-8-12-37)52(49)63-32-36-9-5-3-6-10-36/h3-28,46,48-53H,29-34H2,1-2H3/t46-,48+,49-,50-,51-,52+,53+/m1/s1. The molecule has 0 spiro atoms. The molecule has 0 radical (unpaired) electrons. The van der Waals surface area contributed by atoms with Gasteiger partial charge in [-0.1, -0.05) is 97.1 Å². The van der Waals surface area contributed by atoms with E-state index in [4.69, 9.17) is 28.4 Å². The van der Waals surface area contributed by atoms with Crippen LogP contribution >= 0.6 is 0 Å². The molecular formula is C54H51F2NO9. The monoisotopic (exact) mass is 895 g/mol. The van der Waals surface area contributed by atoms with Crippen LogP contribution in [0.4, 0.5) is 14.5 Å². The number of benzene rings is 6.